The zero-order chi connectivity index (χ0) is 19.5. The molecule has 2 atom stereocenters. The quantitative estimate of drug-likeness (QED) is 0.668. The van der Waals surface area contributed by atoms with Gasteiger partial charge in [0.1, 0.15) is 4.88 Å². The molecule has 1 aliphatic heterocycles. The number of hydrogen-bond acceptors (Lipinski definition) is 6. The number of anilines is 1. The van der Waals surface area contributed by atoms with Gasteiger partial charge in [-0.2, -0.15) is 0 Å². The Kier molecular flexibility index (Phi) is 5.54. The summed E-state index contributed by atoms with van der Waals surface area (Å²) >= 11 is 1.40. The molecule has 4 rings (SSSR count). The van der Waals surface area contributed by atoms with Crippen molar-refractivity contribution in [3.05, 3.63) is 52.7 Å². The van der Waals surface area contributed by atoms with E-state index in [-0.39, 0.29) is 17.9 Å². The zero-order valence-electron chi connectivity index (χ0n) is 16.1. The van der Waals surface area contributed by atoms with Crippen molar-refractivity contribution in [2.24, 2.45) is 5.92 Å². The highest BCUT2D eigenvalue weighted by molar-refractivity contribution is 7.17. The van der Waals surface area contributed by atoms with Crippen molar-refractivity contribution in [3.8, 4) is 0 Å². The number of ether oxygens (including phenoxy) is 1. The third-order valence-corrected chi connectivity index (χ3v) is 6.18. The van der Waals surface area contributed by atoms with E-state index in [9.17, 15) is 4.79 Å². The number of hydrogen-bond donors (Lipinski definition) is 2. The van der Waals surface area contributed by atoms with Crippen molar-refractivity contribution in [3.63, 3.8) is 0 Å². The topological polar surface area (TPSA) is 76.1 Å². The summed E-state index contributed by atoms with van der Waals surface area (Å²) in [6.07, 6.45) is 2.70. The lowest BCUT2D eigenvalue weighted by molar-refractivity contribution is 0.0928. The highest BCUT2D eigenvalue weighted by Gasteiger charge is 2.31. The van der Waals surface area contributed by atoms with E-state index in [0.717, 1.165) is 34.7 Å². The number of aryl methyl sites for hydroxylation is 1. The average molecular weight is 397 g/mol. The van der Waals surface area contributed by atoms with E-state index >= 15 is 0 Å². The highest BCUT2D eigenvalue weighted by atomic mass is 32.1. The zero-order valence-corrected chi connectivity index (χ0v) is 16.9. The first-order valence-corrected chi connectivity index (χ1v) is 10.4. The molecule has 0 radical (unpaired) electrons. The maximum absolute atomic E-state index is 12.8. The van der Waals surface area contributed by atoms with Crippen molar-refractivity contribution in [1.82, 2.24) is 15.3 Å². The number of pyridine rings is 1. The number of fused-ring (bicyclic) bond motifs is 1. The van der Waals surface area contributed by atoms with Crippen LogP contribution < -0.4 is 10.6 Å². The van der Waals surface area contributed by atoms with Crippen LogP contribution in [0.4, 0.5) is 5.13 Å². The maximum Gasteiger partial charge on any atom is 0.263 e. The first-order valence-electron chi connectivity index (χ1n) is 9.58. The molecule has 1 aromatic carbocycles. The van der Waals surface area contributed by atoms with Crippen LogP contribution in [0.5, 0.6) is 0 Å². The van der Waals surface area contributed by atoms with Gasteiger partial charge < -0.3 is 15.4 Å². The summed E-state index contributed by atoms with van der Waals surface area (Å²) in [5.74, 6) is 0.162. The minimum Gasteiger partial charge on any atom is -0.379 e. The minimum atomic E-state index is -0.0701. The van der Waals surface area contributed by atoms with Gasteiger partial charge in [-0.25, -0.2) is 4.98 Å². The number of amides is 1. The molecule has 0 saturated carbocycles. The van der Waals surface area contributed by atoms with Gasteiger partial charge >= 0.3 is 0 Å². The van der Waals surface area contributed by atoms with Crippen molar-refractivity contribution < 1.29 is 9.53 Å². The Balaban J connectivity index is 1.48. The molecule has 3 heterocycles. The number of thiazole rings is 1. The predicted molar refractivity (Wildman–Crippen MR) is 112 cm³/mol. The molecule has 0 bridgehead atoms. The largest absolute Gasteiger partial charge is 0.379 e. The number of carbonyl (C=O) groups is 1. The van der Waals surface area contributed by atoms with Crippen LogP contribution in [0.25, 0.3) is 10.9 Å². The Morgan fingerprint density at radius 1 is 1.29 bits per heavy atom. The van der Waals surface area contributed by atoms with Crippen LogP contribution in [0.3, 0.4) is 0 Å². The summed E-state index contributed by atoms with van der Waals surface area (Å²) in [5, 5.41) is 8.29. The van der Waals surface area contributed by atoms with Crippen LogP contribution >= 0.6 is 11.3 Å². The molecule has 6 nitrogen and oxygen atoms in total. The van der Waals surface area contributed by atoms with Crippen LogP contribution in [0.1, 0.15) is 27.9 Å². The molecule has 3 aromatic rings. The summed E-state index contributed by atoms with van der Waals surface area (Å²) in [6, 6.07) is 10.2. The number of benzene rings is 1. The van der Waals surface area contributed by atoms with Crippen molar-refractivity contribution >= 4 is 33.3 Å². The van der Waals surface area contributed by atoms with E-state index in [0.29, 0.717) is 18.1 Å². The van der Waals surface area contributed by atoms with Crippen molar-refractivity contribution in [1.29, 1.82) is 0 Å². The number of nitrogens with one attached hydrogen (secondary N) is 2. The Hall–Kier alpha value is -2.51. The van der Waals surface area contributed by atoms with Crippen LogP contribution in [-0.2, 0) is 11.2 Å². The van der Waals surface area contributed by atoms with Gasteiger partial charge in [0.15, 0.2) is 5.13 Å². The van der Waals surface area contributed by atoms with E-state index in [4.69, 9.17) is 4.74 Å². The second-order valence-electron chi connectivity index (χ2n) is 7.03. The van der Waals surface area contributed by atoms with E-state index in [1.54, 1.807) is 0 Å². The predicted octanol–water partition coefficient (Wildman–Crippen LogP) is 3.42. The van der Waals surface area contributed by atoms with Gasteiger partial charge in [-0.3, -0.25) is 9.78 Å². The smallest absolute Gasteiger partial charge is 0.263 e. The minimum absolute atomic E-state index is 0.0106. The SMILES string of the molecule is CCNc1nc(C)c(C(=O)N[C@@H]2COC[C@H]2Cc2ccnc3ccccc23)s1. The summed E-state index contributed by atoms with van der Waals surface area (Å²) in [6.45, 7) is 5.85. The van der Waals surface area contributed by atoms with Gasteiger partial charge in [-0.1, -0.05) is 29.5 Å². The number of para-hydroxylation sites is 1. The molecule has 1 aliphatic rings. The molecule has 0 aliphatic carbocycles. The van der Waals surface area contributed by atoms with E-state index in [1.165, 1.54) is 16.9 Å². The molecule has 2 aromatic heterocycles. The van der Waals surface area contributed by atoms with Gasteiger partial charge in [-0.15, -0.1) is 0 Å². The molecule has 146 valence electrons. The second kappa shape index (κ2) is 8.24. The summed E-state index contributed by atoms with van der Waals surface area (Å²) < 4.78 is 5.71. The maximum atomic E-state index is 12.8. The molecule has 1 fully saturated rings. The first kappa shape index (κ1) is 18.8. The Morgan fingerprint density at radius 2 is 2.14 bits per heavy atom. The molecule has 1 saturated heterocycles. The van der Waals surface area contributed by atoms with Gasteiger partial charge in [-0.05, 0) is 38.0 Å². The summed E-state index contributed by atoms with van der Waals surface area (Å²) in [7, 11) is 0. The standard InChI is InChI=1S/C21H24N4O2S/c1-3-22-21-24-13(2)19(28-21)20(26)25-18-12-27-11-15(18)10-14-8-9-23-17-7-5-4-6-16(14)17/h4-9,15,18H,3,10-12H2,1-2H3,(H,22,24)(H,25,26)/t15-,18-/m1/s1. The molecule has 7 heteroatoms. The Labute approximate surface area is 168 Å². The van der Waals surface area contributed by atoms with E-state index in [2.05, 4.69) is 32.7 Å². The fraction of sp³-hybridized carbons (Fsp3) is 0.381. The second-order valence-corrected chi connectivity index (χ2v) is 8.03. The molecule has 2 N–H and O–H groups in total. The van der Waals surface area contributed by atoms with Gasteiger partial charge in [0.05, 0.1) is 30.5 Å². The Morgan fingerprint density at radius 3 is 3.00 bits per heavy atom. The monoisotopic (exact) mass is 396 g/mol. The van der Waals surface area contributed by atoms with E-state index in [1.807, 2.05) is 38.2 Å². The number of nitrogens with zero attached hydrogens (tertiary/aromatic N) is 2. The lowest BCUT2D eigenvalue weighted by Crippen LogP contribution is -2.40. The average Bonchev–Trinajstić information content (AvgIpc) is 3.28. The van der Waals surface area contributed by atoms with E-state index < -0.39 is 0 Å². The number of carbonyl (C=O) groups excluding carboxylic acids is 1. The lowest BCUT2D eigenvalue weighted by Gasteiger charge is -2.19. The normalized spacial score (nSPS) is 19.1. The van der Waals surface area contributed by atoms with Crippen LogP contribution in [0.2, 0.25) is 0 Å². The molecule has 28 heavy (non-hydrogen) atoms. The van der Waals surface area contributed by atoms with Crippen LogP contribution in [0.15, 0.2) is 36.5 Å². The van der Waals surface area contributed by atoms with Gasteiger partial charge in [0.2, 0.25) is 0 Å². The van der Waals surface area contributed by atoms with Gasteiger partial charge in [0, 0.05) is 24.0 Å². The molecule has 0 spiro atoms. The fourth-order valence-electron chi connectivity index (χ4n) is 3.64. The molecule has 0 unspecified atom stereocenters. The summed E-state index contributed by atoms with van der Waals surface area (Å²) in [5.41, 5.74) is 2.99. The number of rotatable bonds is 6. The molecular formula is C21H24N4O2S. The van der Waals surface area contributed by atoms with Gasteiger partial charge in [0.25, 0.3) is 5.91 Å². The van der Waals surface area contributed by atoms with Crippen molar-refractivity contribution in [2.75, 3.05) is 25.1 Å². The first-order chi connectivity index (χ1) is 13.7. The van der Waals surface area contributed by atoms with Crippen LogP contribution in [0, 0.1) is 12.8 Å². The third-order valence-electron chi connectivity index (χ3n) is 5.07. The van der Waals surface area contributed by atoms with Crippen LogP contribution in [-0.4, -0.2) is 41.7 Å². The molecular weight excluding hydrogens is 372 g/mol. The number of aromatic nitrogens is 2. The Bertz CT molecular complexity index is 982. The lowest BCUT2D eigenvalue weighted by atomic mass is 9.93. The third kappa shape index (κ3) is 3.86. The summed E-state index contributed by atoms with van der Waals surface area (Å²) in [4.78, 5) is 22.3. The molecule has 1 amide bonds. The fourth-order valence-corrected chi connectivity index (χ4v) is 4.58. The highest BCUT2D eigenvalue weighted by Crippen LogP contribution is 2.26. The van der Waals surface area contributed by atoms with Crippen molar-refractivity contribution in [2.45, 2.75) is 26.3 Å².